The summed E-state index contributed by atoms with van der Waals surface area (Å²) in [4.78, 5) is 16.4. The number of rotatable bonds is 5. The van der Waals surface area contributed by atoms with E-state index in [9.17, 15) is 15.0 Å². The number of thiazole rings is 1. The van der Waals surface area contributed by atoms with Crippen molar-refractivity contribution in [3.63, 3.8) is 0 Å². The molecule has 25 heavy (non-hydrogen) atoms. The van der Waals surface area contributed by atoms with Gasteiger partial charge in [0, 0.05) is 16.5 Å². The number of aromatic nitrogens is 1. The predicted octanol–water partition coefficient (Wildman–Crippen LogP) is 2.91. The van der Waals surface area contributed by atoms with Gasteiger partial charge in [-0.05, 0) is 12.1 Å². The molecule has 126 valence electrons. The summed E-state index contributed by atoms with van der Waals surface area (Å²) in [5.74, 6) is -0.843. The minimum Gasteiger partial charge on any atom is -0.504 e. The monoisotopic (exact) mass is 353 g/mol. The summed E-state index contributed by atoms with van der Waals surface area (Å²) in [6.45, 7) is 0. The highest BCUT2D eigenvalue weighted by Crippen LogP contribution is 2.26. The van der Waals surface area contributed by atoms with E-state index in [-0.39, 0.29) is 23.8 Å². The molecule has 1 aromatic heterocycles. The molecule has 1 heterocycles. The molecule has 3 aromatic rings. The SMILES string of the molecule is O=C(Cc1nc(-c2ccccc2)cs1)N/N=C/c1cccc(O)c1O. The van der Waals surface area contributed by atoms with E-state index in [1.54, 1.807) is 12.1 Å². The Hall–Kier alpha value is -3.19. The van der Waals surface area contributed by atoms with Crippen LogP contribution in [0.3, 0.4) is 0 Å². The van der Waals surface area contributed by atoms with Crippen LogP contribution in [-0.4, -0.2) is 27.3 Å². The number of amides is 1. The van der Waals surface area contributed by atoms with E-state index < -0.39 is 0 Å². The second-order valence-electron chi connectivity index (χ2n) is 5.18. The zero-order chi connectivity index (χ0) is 17.6. The Bertz CT molecular complexity index is 907. The number of phenols is 2. The first-order valence-corrected chi connectivity index (χ1v) is 8.34. The number of carbonyl (C=O) groups is 1. The average Bonchev–Trinajstić information content (AvgIpc) is 3.08. The van der Waals surface area contributed by atoms with Crippen molar-refractivity contribution in [2.24, 2.45) is 5.10 Å². The molecular formula is C18H15N3O3S. The molecule has 0 spiro atoms. The van der Waals surface area contributed by atoms with Crippen molar-refractivity contribution >= 4 is 23.5 Å². The first kappa shape index (κ1) is 16.7. The van der Waals surface area contributed by atoms with E-state index in [0.717, 1.165) is 11.3 Å². The van der Waals surface area contributed by atoms with Crippen molar-refractivity contribution in [2.45, 2.75) is 6.42 Å². The van der Waals surface area contributed by atoms with Gasteiger partial charge in [0.25, 0.3) is 0 Å². The maximum atomic E-state index is 11.9. The van der Waals surface area contributed by atoms with E-state index in [0.29, 0.717) is 10.6 Å². The van der Waals surface area contributed by atoms with Crippen molar-refractivity contribution in [3.05, 3.63) is 64.5 Å². The molecule has 0 atom stereocenters. The average molecular weight is 353 g/mol. The highest BCUT2D eigenvalue weighted by Gasteiger charge is 2.09. The van der Waals surface area contributed by atoms with E-state index in [2.05, 4.69) is 15.5 Å². The largest absolute Gasteiger partial charge is 0.504 e. The maximum absolute atomic E-state index is 11.9. The number of nitrogens with one attached hydrogen (secondary N) is 1. The van der Waals surface area contributed by atoms with E-state index in [4.69, 9.17) is 0 Å². The Labute approximate surface area is 148 Å². The zero-order valence-electron chi connectivity index (χ0n) is 13.1. The second kappa shape index (κ2) is 7.59. The van der Waals surface area contributed by atoms with Gasteiger partial charge in [0.15, 0.2) is 11.5 Å². The number of aromatic hydroxyl groups is 2. The molecule has 0 unspecified atom stereocenters. The predicted molar refractivity (Wildman–Crippen MR) is 96.8 cm³/mol. The van der Waals surface area contributed by atoms with Crippen molar-refractivity contribution in [3.8, 4) is 22.8 Å². The third kappa shape index (κ3) is 4.21. The van der Waals surface area contributed by atoms with Gasteiger partial charge in [-0.3, -0.25) is 4.79 Å². The summed E-state index contributed by atoms with van der Waals surface area (Å²) in [7, 11) is 0. The Morgan fingerprint density at radius 1 is 1.16 bits per heavy atom. The summed E-state index contributed by atoms with van der Waals surface area (Å²) in [6, 6.07) is 14.2. The van der Waals surface area contributed by atoms with Gasteiger partial charge in [-0.25, -0.2) is 10.4 Å². The Kier molecular flexibility index (Phi) is 5.06. The molecule has 0 radical (unpaired) electrons. The first-order valence-electron chi connectivity index (χ1n) is 7.46. The number of hydrogen-bond donors (Lipinski definition) is 3. The van der Waals surface area contributed by atoms with Gasteiger partial charge in [0.2, 0.25) is 5.91 Å². The van der Waals surface area contributed by atoms with Gasteiger partial charge >= 0.3 is 0 Å². The molecule has 2 aromatic carbocycles. The van der Waals surface area contributed by atoms with Crippen LogP contribution in [0.5, 0.6) is 11.5 Å². The quantitative estimate of drug-likeness (QED) is 0.373. The molecule has 0 saturated carbocycles. The van der Waals surface area contributed by atoms with Crippen LogP contribution in [0.15, 0.2) is 59.0 Å². The molecular weight excluding hydrogens is 338 g/mol. The van der Waals surface area contributed by atoms with Gasteiger partial charge in [0.05, 0.1) is 18.3 Å². The smallest absolute Gasteiger partial charge is 0.246 e. The number of phenolic OH excluding ortho intramolecular Hbond substituents is 2. The van der Waals surface area contributed by atoms with Gasteiger partial charge < -0.3 is 10.2 Å². The second-order valence-corrected chi connectivity index (χ2v) is 6.12. The molecule has 3 N–H and O–H groups in total. The third-order valence-electron chi connectivity index (χ3n) is 3.37. The van der Waals surface area contributed by atoms with Gasteiger partial charge in [0.1, 0.15) is 5.01 Å². The van der Waals surface area contributed by atoms with Crippen molar-refractivity contribution in [1.29, 1.82) is 0 Å². The Morgan fingerprint density at radius 3 is 2.76 bits per heavy atom. The lowest BCUT2D eigenvalue weighted by Crippen LogP contribution is -2.19. The van der Waals surface area contributed by atoms with E-state index in [1.807, 2.05) is 35.7 Å². The van der Waals surface area contributed by atoms with E-state index >= 15 is 0 Å². The van der Waals surface area contributed by atoms with Crippen LogP contribution < -0.4 is 5.43 Å². The van der Waals surface area contributed by atoms with Crippen molar-refractivity contribution < 1.29 is 15.0 Å². The molecule has 0 bridgehead atoms. The van der Waals surface area contributed by atoms with Crippen LogP contribution in [0.25, 0.3) is 11.3 Å². The molecule has 0 fully saturated rings. The molecule has 1 amide bonds. The standard InChI is InChI=1S/C18H15N3O3S/c22-15-8-4-7-13(18(15)24)10-19-21-16(23)9-17-20-14(11-25-17)12-5-2-1-3-6-12/h1-8,10-11,22,24H,9H2,(H,21,23)/b19-10+. The lowest BCUT2D eigenvalue weighted by molar-refractivity contribution is -0.120. The number of hydrogen-bond acceptors (Lipinski definition) is 6. The fourth-order valence-corrected chi connectivity index (χ4v) is 2.94. The van der Waals surface area contributed by atoms with Crippen molar-refractivity contribution in [2.75, 3.05) is 0 Å². The van der Waals surface area contributed by atoms with Gasteiger partial charge in [-0.15, -0.1) is 11.3 Å². The number of benzene rings is 2. The molecule has 0 aliphatic heterocycles. The number of carbonyl (C=O) groups excluding carboxylic acids is 1. The Balaban J connectivity index is 1.59. The minimum absolute atomic E-state index is 0.112. The fraction of sp³-hybridized carbons (Fsp3) is 0.0556. The summed E-state index contributed by atoms with van der Waals surface area (Å²) < 4.78 is 0. The lowest BCUT2D eigenvalue weighted by Gasteiger charge is -2.01. The van der Waals surface area contributed by atoms with Gasteiger partial charge in [-0.2, -0.15) is 5.10 Å². The third-order valence-corrected chi connectivity index (χ3v) is 4.22. The van der Waals surface area contributed by atoms with Crippen LogP contribution in [-0.2, 0) is 11.2 Å². The van der Waals surface area contributed by atoms with Crippen LogP contribution in [0.4, 0.5) is 0 Å². The first-order chi connectivity index (χ1) is 12.1. The van der Waals surface area contributed by atoms with Crippen LogP contribution in [0.2, 0.25) is 0 Å². The Morgan fingerprint density at radius 2 is 1.96 bits per heavy atom. The topological polar surface area (TPSA) is 94.8 Å². The fourth-order valence-electron chi connectivity index (χ4n) is 2.14. The highest BCUT2D eigenvalue weighted by atomic mass is 32.1. The summed E-state index contributed by atoms with van der Waals surface area (Å²) in [6.07, 6.45) is 1.38. The summed E-state index contributed by atoms with van der Waals surface area (Å²) in [5.41, 5.74) is 4.52. The van der Waals surface area contributed by atoms with Crippen LogP contribution >= 0.6 is 11.3 Å². The van der Waals surface area contributed by atoms with Crippen LogP contribution in [0.1, 0.15) is 10.6 Å². The number of para-hydroxylation sites is 1. The molecule has 6 nitrogen and oxygen atoms in total. The lowest BCUT2D eigenvalue weighted by atomic mass is 10.2. The number of hydrazone groups is 1. The minimum atomic E-state index is -0.315. The van der Waals surface area contributed by atoms with Crippen molar-refractivity contribution in [1.82, 2.24) is 10.4 Å². The molecule has 3 rings (SSSR count). The number of nitrogens with zero attached hydrogens (tertiary/aromatic N) is 2. The van der Waals surface area contributed by atoms with Crippen LogP contribution in [0, 0.1) is 0 Å². The molecule has 7 heteroatoms. The van der Waals surface area contributed by atoms with Gasteiger partial charge in [-0.1, -0.05) is 36.4 Å². The molecule has 0 aliphatic carbocycles. The summed E-state index contributed by atoms with van der Waals surface area (Å²) >= 11 is 1.41. The van der Waals surface area contributed by atoms with E-state index in [1.165, 1.54) is 23.6 Å². The normalized spacial score (nSPS) is 10.9. The molecule has 0 saturated heterocycles. The summed E-state index contributed by atoms with van der Waals surface area (Å²) in [5, 5.41) is 25.4. The zero-order valence-corrected chi connectivity index (χ0v) is 13.9. The maximum Gasteiger partial charge on any atom is 0.246 e. The molecule has 0 aliphatic rings. The highest BCUT2D eigenvalue weighted by molar-refractivity contribution is 7.10.